The number of esters is 1. The molecule has 6 nitrogen and oxygen atoms in total. The van der Waals surface area contributed by atoms with Crippen LogP contribution in [0.4, 0.5) is 0 Å². The third kappa shape index (κ3) is 2.50. The van der Waals surface area contributed by atoms with Gasteiger partial charge in [0.05, 0.1) is 42.3 Å². The molecule has 0 saturated carbocycles. The Kier molecular flexibility index (Phi) is 3.62. The van der Waals surface area contributed by atoms with Gasteiger partial charge in [0.2, 0.25) is 0 Å². The highest BCUT2D eigenvalue weighted by atomic mass is 35.5. The largest absolute Gasteiger partial charge is 0.465 e. The molecule has 0 unspecified atom stereocenters. The normalized spacial score (nSPS) is 11.0. The van der Waals surface area contributed by atoms with E-state index in [1.165, 1.54) is 13.5 Å². The molecule has 3 aromatic rings. The van der Waals surface area contributed by atoms with Crippen molar-refractivity contribution in [3.05, 3.63) is 47.9 Å². The minimum Gasteiger partial charge on any atom is -0.465 e. The molecule has 3 rings (SSSR count). The van der Waals surface area contributed by atoms with Gasteiger partial charge in [0.15, 0.2) is 6.39 Å². The lowest BCUT2D eigenvalue weighted by Crippen LogP contribution is -2.05. The molecule has 0 fully saturated rings. The first kappa shape index (κ1) is 13.6. The third-order valence-electron chi connectivity index (χ3n) is 3.17. The predicted octanol–water partition coefficient (Wildman–Crippen LogP) is 2.60. The van der Waals surface area contributed by atoms with Gasteiger partial charge in [0.1, 0.15) is 11.6 Å². The second kappa shape index (κ2) is 5.57. The molecule has 2 aromatic heterocycles. The van der Waals surface area contributed by atoms with E-state index in [1.807, 2.05) is 4.57 Å². The van der Waals surface area contributed by atoms with Gasteiger partial charge in [-0.15, -0.1) is 11.6 Å². The first-order chi connectivity index (χ1) is 10.2. The molecule has 0 N–H and O–H groups in total. The maximum absolute atomic E-state index is 11.7. The number of carbonyl (C=O) groups is 1. The molecule has 108 valence electrons. The van der Waals surface area contributed by atoms with E-state index in [0.717, 1.165) is 11.0 Å². The summed E-state index contributed by atoms with van der Waals surface area (Å²) in [7, 11) is 1.35. The molecule has 0 bridgehead atoms. The molecule has 0 aliphatic heterocycles. The number of methoxy groups -OCH3 is 1. The van der Waals surface area contributed by atoms with Crippen molar-refractivity contribution in [2.75, 3.05) is 7.11 Å². The number of nitrogens with zero attached hydrogens (tertiary/aromatic N) is 3. The summed E-state index contributed by atoms with van der Waals surface area (Å²) in [5, 5.41) is 0. The summed E-state index contributed by atoms with van der Waals surface area (Å²) in [6.45, 7) is 0.448. The van der Waals surface area contributed by atoms with E-state index in [2.05, 4.69) is 9.97 Å². The lowest BCUT2D eigenvalue weighted by atomic mass is 10.2. The standard InChI is InChI=1S/C14H12ClN3O3/c1-20-14(19)9-2-3-11-12(4-9)18(13(5-15)17-11)7-10-6-16-8-21-10/h2-4,6,8H,5,7H2,1H3. The number of hydrogen-bond acceptors (Lipinski definition) is 5. The first-order valence-corrected chi connectivity index (χ1v) is 6.77. The first-order valence-electron chi connectivity index (χ1n) is 6.23. The minimum atomic E-state index is -0.392. The van der Waals surface area contributed by atoms with Crippen molar-refractivity contribution in [2.24, 2.45) is 0 Å². The fourth-order valence-corrected chi connectivity index (χ4v) is 2.38. The SMILES string of the molecule is COC(=O)c1ccc2nc(CCl)n(Cc3cnco3)c2c1. The lowest BCUT2D eigenvalue weighted by molar-refractivity contribution is 0.0601. The van der Waals surface area contributed by atoms with Gasteiger partial charge in [-0.25, -0.2) is 14.8 Å². The van der Waals surface area contributed by atoms with Crippen LogP contribution < -0.4 is 0 Å². The summed E-state index contributed by atoms with van der Waals surface area (Å²) in [5.41, 5.74) is 2.02. The Bertz CT molecular complexity index is 780. The summed E-state index contributed by atoms with van der Waals surface area (Å²) in [5.74, 6) is 1.25. The molecular formula is C14H12ClN3O3. The highest BCUT2D eigenvalue weighted by Gasteiger charge is 2.14. The van der Waals surface area contributed by atoms with E-state index in [4.69, 9.17) is 20.8 Å². The fourth-order valence-electron chi connectivity index (χ4n) is 2.17. The summed E-state index contributed by atoms with van der Waals surface area (Å²) < 4.78 is 11.9. The van der Waals surface area contributed by atoms with Crippen molar-refractivity contribution in [1.29, 1.82) is 0 Å². The molecule has 0 radical (unpaired) electrons. The molecule has 0 saturated heterocycles. The van der Waals surface area contributed by atoms with E-state index in [0.29, 0.717) is 23.7 Å². The Balaban J connectivity index is 2.12. The fraction of sp³-hybridized carbons (Fsp3) is 0.214. The van der Waals surface area contributed by atoms with Crippen LogP contribution in [0.2, 0.25) is 0 Å². The van der Waals surface area contributed by atoms with Gasteiger partial charge in [0, 0.05) is 0 Å². The third-order valence-corrected chi connectivity index (χ3v) is 3.40. The molecule has 0 spiro atoms. The van der Waals surface area contributed by atoms with E-state index in [-0.39, 0.29) is 5.88 Å². The average Bonchev–Trinajstić information content (AvgIpc) is 3.14. The Hall–Kier alpha value is -2.34. The number of imidazole rings is 1. The predicted molar refractivity (Wildman–Crippen MR) is 76.2 cm³/mol. The van der Waals surface area contributed by atoms with Crippen LogP contribution >= 0.6 is 11.6 Å². The van der Waals surface area contributed by atoms with Crippen LogP contribution in [0.5, 0.6) is 0 Å². The molecule has 0 atom stereocenters. The van der Waals surface area contributed by atoms with Crippen molar-refractivity contribution >= 4 is 28.6 Å². The Morgan fingerprint density at radius 1 is 1.48 bits per heavy atom. The molecule has 21 heavy (non-hydrogen) atoms. The van der Waals surface area contributed by atoms with Crippen LogP contribution in [0.1, 0.15) is 21.9 Å². The number of ether oxygens (including phenoxy) is 1. The quantitative estimate of drug-likeness (QED) is 0.547. The van der Waals surface area contributed by atoms with Crippen LogP contribution in [0.25, 0.3) is 11.0 Å². The summed E-state index contributed by atoms with van der Waals surface area (Å²) >= 11 is 5.95. The highest BCUT2D eigenvalue weighted by Crippen LogP contribution is 2.21. The number of fused-ring (bicyclic) bond motifs is 1. The van der Waals surface area contributed by atoms with E-state index < -0.39 is 5.97 Å². The summed E-state index contributed by atoms with van der Waals surface area (Å²) in [6, 6.07) is 5.19. The maximum Gasteiger partial charge on any atom is 0.337 e. The zero-order valence-electron chi connectivity index (χ0n) is 11.2. The number of alkyl halides is 1. The topological polar surface area (TPSA) is 70.2 Å². The lowest BCUT2D eigenvalue weighted by Gasteiger charge is -2.06. The summed E-state index contributed by atoms with van der Waals surface area (Å²) in [4.78, 5) is 20.0. The Morgan fingerprint density at radius 2 is 2.33 bits per heavy atom. The molecule has 0 amide bonds. The molecule has 7 heteroatoms. The van der Waals surface area contributed by atoms with Gasteiger partial charge in [0.25, 0.3) is 0 Å². The smallest absolute Gasteiger partial charge is 0.337 e. The Morgan fingerprint density at radius 3 is 3.00 bits per heavy atom. The van der Waals surface area contributed by atoms with E-state index in [1.54, 1.807) is 24.4 Å². The van der Waals surface area contributed by atoms with Gasteiger partial charge >= 0.3 is 5.97 Å². The molecule has 0 aliphatic rings. The molecule has 2 heterocycles. The van der Waals surface area contributed by atoms with Crippen molar-refractivity contribution < 1.29 is 13.9 Å². The van der Waals surface area contributed by atoms with Gasteiger partial charge in [-0.2, -0.15) is 0 Å². The number of hydrogen-bond donors (Lipinski definition) is 0. The maximum atomic E-state index is 11.7. The van der Waals surface area contributed by atoms with Crippen molar-refractivity contribution in [3.63, 3.8) is 0 Å². The van der Waals surface area contributed by atoms with Gasteiger partial charge in [-0.3, -0.25) is 0 Å². The Labute approximate surface area is 125 Å². The second-order valence-electron chi connectivity index (χ2n) is 4.41. The van der Waals surface area contributed by atoms with Crippen molar-refractivity contribution in [3.8, 4) is 0 Å². The van der Waals surface area contributed by atoms with E-state index in [9.17, 15) is 4.79 Å². The van der Waals surface area contributed by atoms with Crippen molar-refractivity contribution in [2.45, 2.75) is 12.4 Å². The van der Waals surface area contributed by atoms with Gasteiger partial charge in [-0.05, 0) is 18.2 Å². The van der Waals surface area contributed by atoms with Gasteiger partial charge < -0.3 is 13.7 Å². The van der Waals surface area contributed by atoms with Gasteiger partial charge in [-0.1, -0.05) is 0 Å². The average molecular weight is 306 g/mol. The van der Waals surface area contributed by atoms with Crippen LogP contribution in [0, 0.1) is 0 Å². The number of carbonyl (C=O) groups excluding carboxylic acids is 1. The molecule has 0 aliphatic carbocycles. The number of halogens is 1. The van der Waals surface area contributed by atoms with Crippen LogP contribution in [0.15, 0.2) is 35.2 Å². The number of aromatic nitrogens is 3. The monoisotopic (exact) mass is 305 g/mol. The van der Waals surface area contributed by atoms with Crippen LogP contribution in [-0.4, -0.2) is 27.6 Å². The van der Waals surface area contributed by atoms with Crippen LogP contribution in [-0.2, 0) is 17.2 Å². The molecule has 1 aromatic carbocycles. The van der Waals surface area contributed by atoms with Crippen molar-refractivity contribution in [1.82, 2.24) is 14.5 Å². The number of benzene rings is 1. The zero-order chi connectivity index (χ0) is 14.8. The zero-order valence-corrected chi connectivity index (χ0v) is 12.0. The van der Waals surface area contributed by atoms with E-state index >= 15 is 0 Å². The highest BCUT2D eigenvalue weighted by molar-refractivity contribution is 6.16. The molecular weight excluding hydrogens is 294 g/mol. The number of oxazole rings is 1. The second-order valence-corrected chi connectivity index (χ2v) is 4.68. The summed E-state index contributed by atoms with van der Waals surface area (Å²) in [6.07, 6.45) is 3.00. The number of rotatable bonds is 4. The van der Waals surface area contributed by atoms with Crippen LogP contribution in [0.3, 0.4) is 0 Å². The minimum absolute atomic E-state index is 0.260.